The summed E-state index contributed by atoms with van der Waals surface area (Å²) in [5, 5.41) is 0. The molecule has 20 heavy (non-hydrogen) atoms. The molecule has 1 unspecified atom stereocenters. The van der Waals surface area contributed by atoms with Gasteiger partial charge in [0.2, 0.25) is 0 Å². The summed E-state index contributed by atoms with van der Waals surface area (Å²) in [6.45, 7) is 14.7. The van der Waals surface area contributed by atoms with Gasteiger partial charge in [-0.3, -0.25) is 0 Å². The van der Waals surface area contributed by atoms with Crippen molar-refractivity contribution in [3.8, 4) is 0 Å². The van der Waals surface area contributed by atoms with E-state index < -0.39 is 0 Å². The summed E-state index contributed by atoms with van der Waals surface area (Å²) >= 11 is 0. The standard InChI is InChI=1S/C18H25NO/c1-9-8-10(2)12(4)16(11(9)3)18(19)17-13(5)14(6)20-15(17)7/h8,18H,19H2,1-7H3. The summed E-state index contributed by atoms with van der Waals surface area (Å²) in [5.41, 5.74) is 15.3. The van der Waals surface area contributed by atoms with Crippen molar-refractivity contribution in [3.63, 3.8) is 0 Å². The molecule has 0 fully saturated rings. The van der Waals surface area contributed by atoms with Crippen LogP contribution in [0, 0.1) is 48.5 Å². The van der Waals surface area contributed by atoms with E-state index in [9.17, 15) is 0 Å². The van der Waals surface area contributed by atoms with Crippen LogP contribution in [0.2, 0.25) is 0 Å². The number of aryl methyl sites for hydroxylation is 4. The molecular weight excluding hydrogens is 246 g/mol. The molecule has 2 aromatic rings. The average Bonchev–Trinajstić information content (AvgIpc) is 2.61. The van der Waals surface area contributed by atoms with Crippen molar-refractivity contribution in [1.82, 2.24) is 0 Å². The van der Waals surface area contributed by atoms with Gasteiger partial charge in [0, 0.05) is 5.56 Å². The van der Waals surface area contributed by atoms with E-state index >= 15 is 0 Å². The molecule has 2 rings (SSSR count). The number of nitrogens with two attached hydrogens (primary N) is 1. The Morgan fingerprint density at radius 3 is 1.65 bits per heavy atom. The maximum absolute atomic E-state index is 6.61. The number of rotatable bonds is 2. The maximum Gasteiger partial charge on any atom is 0.106 e. The molecule has 0 aliphatic carbocycles. The third-order valence-corrected chi connectivity index (χ3v) is 4.66. The lowest BCUT2D eigenvalue weighted by molar-refractivity contribution is 0.498. The Kier molecular flexibility index (Phi) is 3.79. The lowest BCUT2D eigenvalue weighted by atomic mass is 9.86. The topological polar surface area (TPSA) is 39.2 Å². The van der Waals surface area contributed by atoms with Crippen molar-refractivity contribution in [3.05, 3.63) is 56.5 Å². The van der Waals surface area contributed by atoms with Crippen molar-refractivity contribution >= 4 is 0 Å². The van der Waals surface area contributed by atoms with E-state index in [1.165, 1.54) is 33.4 Å². The molecule has 2 nitrogen and oxygen atoms in total. The summed E-state index contributed by atoms with van der Waals surface area (Å²) in [7, 11) is 0. The summed E-state index contributed by atoms with van der Waals surface area (Å²) in [6, 6.07) is 2.12. The highest BCUT2D eigenvalue weighted by atomic mass is 16.3. The third kappa shape index (κ3) is 2.18. The Balaban J connectivity index is 2.68. The maximum atomic E-state index is 6.61. The van der Waals surface area contributed by atoms with Crippen molar-refractivity contribution in [2.75, 3.05) is 0 Å². The molecule has 1 aromatic carbocycles. The lowest BCUT2D eigenvalue weighted by Crippen LogP contribution is -2.17. The molecule has 2 N–H and O–H groups in total. The molecule has 0 radical (unpaired) electrons. The smallest absolute Gasteiger partial charge is 0.106 e. The Bertz CT molecular complexity index is 639. The highest BCUT2D eigenvalue weighted by molar-refractivity contribution is 5.50. The van der Waals surface area contributed by atoms with E-state index in [0.717, 1.165) is 17.1 Å². The van der Waals surface area contributed by atoms with Crippen LogP contribution in [0.1, 0.15) is 56.5 Å². The molecule has 0 spiro atoms. The van der Waals surface area contributed by atoms with E-state index in [1.54, 1.807) is 0 Å². The van der Waals surface area contributed by atoms with Gasteiger partial charge in [0.25, 0.3) is 0 Å². The van der Waals surface area contributed by atoms with E-state index in [4.69, 9.17) is 10.2 Å². The van der Waals surface area contributed by atoms with Crippen LogP contribution in [0.25, 0.3) is 0 Å². The van der Waals surface area contributed by atoms with Crippen molar-refractivity contribution < 1.29 is 4.42 Å². The van der Waals surface area contributed by atoms with E-state index in [-0.39, 0.29) is 6.04 Å². The van der Waals surface area contributed by atoms with Gasteiger partial charge in [0.05, 0.1) is 6.04 Å². The van der Waals surface area contributed by atoms with Gasteiger partial charge in [-0.1, -0.05) is 6.07 Å². The quantitative estimate of drug-likeness (QED) is 0.874. The highest BCUT2D eigenvalue weighted by Crippen LogP contribution is 2.34. The zero-order valence-corrected chi connectivity index (χ0v) is 13.6. The van der Waals surface area contributed by atoms with Crippen LogP contribution in [0.3, 0.4) is 0 Å². The highest BCUT2D eigenvalue weighted by Gasteiger charge is 2.23. The van der Waals surface area contributed by atoms with Crippen molar-refractivity contribution in [1.29, 1.82) is 0 Å². The monoisotopic (exact) mass is 271 g/mol. The Morgan fingerprint density at radius 1 is 0.750 bits per heavy atom. The first-order chi connectivity index (χ1) is 9.25. The summed E-state index contributed by atoms with van der Waals surface area (Å²) in [5.74, 6) is 1.90. The molecule has 0 amide bonds. The van der Waals surface area contributed by atoms with Gasteiger partial charge in [-0.05, 0) is 81.8 Å². The fourth-order valence-corrected chi connectivity index (χ4v) is 3.13. The molecule has 0 saturated heterocycles. The third-order valence-electron chi connectivity index (χ3n) is 4.66. The molecule has 1 atom stereocenters. The van der Waals surface area contributed by atoms with E-state index in [2.05, 4.69) is 40.7 Å². The Morgan fingerprint density at radius 2 is 1.25 bits per heavy atom. The van der Waals surface area contributed by atoms with Gasteiger partial charge in [-0.25, -0.2) is 0 Å². The van der Waals surface area contributed by atoms with Gasteiger partial charge >= 0.3 is 0 Å². The first-order valence-corrected chi connectivity index (χ1v) is 7.15. The summed E-state index contributed by atoms with van der Waals surface area (Å²) in [6.07, 6.45) is 0. The minimum absolute atomic E-state index is 0.119. The molecule has 1 heterocycles. The van der Waals surface area contributed by atoms with Crippen LogP contribution >= 0.6 is 0 Å². The first kappa shape index (κ1) is 14.9. The number of benzene rings is 1. The molecule has 1 aromatic heterocycles. The first-order valence-electron chi connectivity index (χ1n) is 7.15. The minimum atomic E-state index is -0.119. The molecule has 0 aliphatic rings. The number of hydrogen-bond acceptors (Lipinski definition) is 2. The van der Waals surface area contributed by atoms with E-state index in [0.29, 0.717) is 0 Å². The minimum Gasteiger partial charge on any atom is -0.466 e. The molecule has 108 valence electrons. The second-order valence-electron chi connectivity index (χ2n) is 5.90. The fraction of sp³-hybridized carbons (Fsp3) is 0.444. The predicted molar refractivity (Wildman–Crippen MR) is 84.3 cm³/mol. The van der Waals surface area contributed by atoms with Crippen molar-refractivity contribution in [2.24, 2.45) is 5.73 Å². The van der Waals surface area contributed by atoms with Gasteiger partial charge < -0.3 is 10.2 Å². The predicted octanol–water partition coefficient (Wildman–Crippen LogP) is 4.49. The number of furan rings is 1. The van der Waals surface area contributed by atoms with E-state index in [1.807, 2.05) is 13.8 Å². The van der Waals surface area contributed by atoms with Crippen LogP contribution in [-0.2, 0) is 0 Å². The average molecular weight is 271 g/mol. The molecule has 0 bridgehead atoms. The molecular formula is C18H25NO. The normalized spacial score (nSPS) is 12.8. The van der Waals surface area contributed by atoms with Crippen molar-refractivity contribution in [2.45, 2.75) is 54.5 Å². The van der Waals surface area contributed by atoms with Gasteiger partial charge in [-0.2, -0.15) is 0 Å². The van der Waals surface area contributed by atoms with Crippen LogP contribution in [0.15, 0.2) is 10.5 Å². The van der Waals surface area contributed by atoms with Gasteiger partial charge in [-0.15, -0.1) is 0 Å². The Hall–Kier alpha value is -1.54. The Labute approximate surface area is 122 Å². The second-order valence-corrected chi connectivity index (χ2v) is 5.90. The fourth-order valence-electron chi connectivity index (χ4n) is 3.13. The van der Waals surface area contributed by atoms with Gasteiger partial charge in [0.15, 0.2) is 0 Å². The van der Waals surface area contributed by atoms with Crippen LogP contribution in [0.4, 0.5) is 0 Å². The van der Waals surface area contributed by atoms with Crippen LogP contribution in [-0.4, -0.2) is 0 Å². The molecule has 2 heteroatoms. The zero-order valence-electron chi connectivity index (χ0n) is 13.6. The summed E-state index contributed by atoms with van der Waals surface area (Å²) < 4.78 is 5.75. The zero-order chi connectivity index (χ0) is 15.2. The van der Waals surface area contributed by atoms with Gasteiger partial charge in [0.1, 0.15) is 11.5 Å². The molecule has 0 saturated carbocycles. The SMILES string of the molecule is Cc1cc(C)c(C)c(C(N)c2c(C)oc(C)c2C)c1C. The van der Waals surface area contributed by atoms with Crippen LogP contribution < -0.4 is 5.73 Å². The lowest BCUT2D eigenvalue weighted by Gasteiger charge is -2.21. The van der Waals surface area contributed by atoms with Crippen LogP contribution in [0.5, 0.6) is 0 Å². The number of hydrogen-bond donors (Lipinski definition) is 1. The second kappa shape index (κ2) is 5.10. The summed E-state index contributed by atoms with van der Waals surface area (Å²) in [4.78, 5) is 0. The molecule has 0 aliphatic heterocycles. The largest absolute Gasteiger partial charge is 0.466 e.